The van der Waals surface area contributed by atoms with E-state index >= 15 is 0 Å². The van der Waals surface area contributed by atoms with Crippen molar-refractivity contribution in [2.75, 3.05) is 20.3 Å². The van der Waals surface area contributed by atoms with E-state index < -0.39 is 0 Å². The fourth-order valence-electron chi connectivity index (χ4n) is 2.78. The molecule has 0 saturated heterocycles. The first-order valence-corrected chi connectivity index (χ1v) is 7.88. The number of aliphatic hydroxyl groups excluding tert-OH is 1. The van der Waals surface area contributed by atoms with Gasteiger partial charge in [-0.15, -0.1) is 0 Å². The van der Waals surface area contributed by atoms with E-state index in [9.17, 15) is 0 Å². The Labute approximate surface area is 133 Å². The first kappa shape index (κ1) is 16.8. The number of aliphatic hydroxyl groups is 1. The molecule has 0 spiro atoms. The Morgan fingerprint density at radius 3 is 2.45 bits per heavy atom. The van der Waals surface area contributed by atoms with Crippen LogP contribution in [0.2, 0.25) is 0 Å². The van der Waals surface area contributed by atoms with Gasteiger partial charge in [0.2, 0.25) is 0 Å². The van der Waals surface area contributed by atoms with Gasteiger partial charge in [0, 0.05) is 24.6 Å². The first-order valence-electron chi connectivity index (χ1n) is 7.88. The Bertz CT molecular complexity index is 622. The minimum Gasteiger partial charge on any atom is -0.496 e. The molecule has 2 N–H and O–H groups in total. The third-order valence-electron chi connectivity index (χ3n) is 4.28. The van der Waals surface area contributed by atoms with Crippen LogP contribution in [0, 0.1) is 5.41 Å². The van der Waals surface area contributed by atoms with Crippen LogP contribution in [0.25, 0.3) is 10.8 Å². The highest BCUT2D eigenvalue weighted by molar-refractivity contribution is 5.91. The van der Waals surface area contributed by atoms with Gasteiger partial charge in [-0.2, -0.15) is 0 Å². The number of hydrogen-bond acceptors (Lipinski definition) is 3. The minimum absolute atomic E-state index is 0.0886. The molecule has 0 radical (unpaired) electrons. The molecule has 0 aliphatic heterocycles. The second-order valence-electron chi connectivity index (χ2n) is 6.64. The molecule has 0 heterocycles. The van der Waals surface area contributed by atoms with Gasteiger partial charge in [-0.25, -0.2) is 0 Å². The molecule has 1 unspecified atom stereocenters. The van der Waals surface area contributed by atoms with E-state index in [1.807, 2.05) is 12.1 Å². The summed E-state index contributed by atoms with van der Waals surface area (Å²) in [6, 6.07) is 12.8. The van der Waals surface area contributed by atoms with Crippen LogP contribution >= 0.6 is 0 Å². The molecule has 3 nitrogen and oxygen atoms in total. The number of methoxy groups -OCH3 is 1. The Morgan fingerprint density at radius 1 is 1.14 bits per heavy atom. The standard InChI is InChI=1S/C19H27NO2/c1-14(20-13-19(2,3)11-12-21)15-9-10-18(22-4)17-8-6-5-7-16(15)17/h5-10,14,20-21H,11-13H2,1-4H3. The van der Waals surface area contributed by atoms with Crippen molar-refractivity contribution in [1.82, 2.24) is 5.32 Å². The van der Waals surface area contributed by atoms with E-state index in [0.717, 1.165) is 24.1 Å². The molecular weight excluding hydrogens is 274 g/mol. The first-order chi connectivity index (χ1) is 10.5. The molecule has 3 heteroatoms. The van der Waals surface area contributed by atoms with Gasteiger partial charge < -0.3 is 15.2 Å². The van der Waals surface area contributed by atoms with Crippen LogP contribution < -0.4 is 10.1 Å². The van der Waals surface area contributed by atoms with E-state index in [2.05, 4.69) is 50.4 Å². The number of benzene rings is 2. The van der Waals surface area contributed by atoms with Gasteiger partial charge in [-0.1, -0.05) is 44.2 Å². The van der Waals surface area contributed by atoms with Crippen LogP contribution in [0.1, 0.15) is 38.8 Å². The van der Waals surface area contributed by atoms with Crippen LogP contribution in [0.4, 0.5) is 0 Å². The Hall–Kier alpha value is -1.58. The Morgan fingerprint density at radius 2 is 1.82 bits per heavy atom. The molecule has 0 aromatic heterocycles. The second-order valence-corrected chi connectivity index (χ2v) is 6.64. The van der Waals surface area contributed by atoms with Gasteiger partial charge in [0.25, 0.3) is 0 Å². The maximum atomic E-state index is 9.14. The number of rotatable bonds is 7. The van der Waals surface area contributed by atoms with Gasteiger partial charge in [-0.3, -0.25) is 0 Å². The summed E-state index contributed by atoms with van der Waals surface area (Å²) < 4.78 is 5.46. The fourth-order valence-corrected chi connectivity index (χ4v) is 2.78. The van der Waals surface area contributed by atoms with Gasteiger partial charge in [0.1, 0.15) is 5.75 Å². The highest BCUT2D eigenvalue weighted by Crippen LogP contribution is 2.31. The fraction of sp³-hybridized carbons (Fsp3) is 0.474. The topological polar surface area (TPSA) is 41.5 Å². The molecule has 0 saturated carbocycles. The second kappa shape index (κ2) is 7.12. The van der Waals surface area contributed by atoms with E-state index in [1.54, 1.807) is 7.11 Å². The summed E-state index contributed by atoms with van der Waals surface area (Å²) >= 11 is 0. The normalized spacial score (nSPS) is 13.3. The van der Waals surface area contributed by atoms with Crippen molar-refractivity contribution in [2.24, 2.45) is 5.41 Å². The van der Waals surface area contributed by atoms with Crippen molar-refractivity contribution in [2.45, 2.75) is 33.2 Å². The molecule has 0 aliphatic carbocycles. The smallest absolute Gasteiger partial charge is 0.126 e. The zero-order valence-electron chi connectivity index (χ0n) is 14.0. The average Bonchev–Trinajstić information content (AvgIpc) is 2.51. The molecule has 2 aromatic carbocycles. The molecule has 2 aromatic rings. The maximum Gasteiger partial charge on any atom is 0.126 e. The highest BCUT2D eigenvalue weighted by atomic mass is 16.5. The number of fused-ring (bicyclic) bond motifs is 1. The van der Waals surface area contributed by atoms with Crippen molar-refractivity contribution in [1.29, 1.82) is 0 Å². The molecule has 1 atom stereocenters. The number of hydrogen-bond donors (Lipinski definition) is 2. The third kappa shape index (κ3) is 3.79. The van der Waals surface area contributed by atoms with Crippen molar-refractivity contribution in [3.8, 4) is 5.75 Å². The van der Waals surface area contributed by atoms with Crippen LogP contribution in [0.15, 0.2) is 36.4 Å². The lowest BCUT2D eigenvalue weighted by Crippen LogP contribution is -2.32. The summed E-state index contributed by atoms with van der Waals surface area (Å²) in [5, 5.41) is 15.1. The molecule has 22 heavy (non-hydrogen) atoms. The van der Waals surface area contributed by atoms with Gasteiger partial charge in [-0.05, 0) is 35.8 Å². The quantitative estimate of drug-likeness (QED) is 0.815. The molecule has 0 fully saturated rings. The highest BCUT2D eigenvalue weighted by Gasteiger charge is 2.19. The van der Waals surface area contributed by atoms with Crippen molar-refractivity contribution in [3.05, 3.63) is 42.0 Å². The summed E-state index contributed by atoms with van der Waals surface area (Å²) in [6.07, 6.45) is 0.802. The maximum absolute atomic E-state index is 9.14. The van der Waals surface area contributed by atoms with Crippen LogP contribution in [0.5, 0.6) is 5.75 Å². The van der Waals surface area contributed by atoms with Gasteiger partial charge in [0.15, 0.2) is 0 Å². The van der Waals surface area contributed by atoms with Gasteiger partial charge in [0.05, 0.1) is 7.11 Å². The Kier molecular flexibility index (Phi) is 5.43. The third-order valence-corrected chi connectivity index (χ3v) is 4.28. The van der Waals surface area contributed by atoms with Gasteiger partial charge >= 0.3 is 0 Å². The van der Waals surface area contributed by atoms with Crippen molar-refractivity contribution >= 4 is 10.8 Å². The lowest BCUT2D eigenvalue weighted by atomic mass is 9.89. The SMILES string of the molecule is COc1ccc(C(C)NCC(C)(C)CCO)c2ccccc12. The predicted octanol–water partition coefficient (Wildman–Crippen LogP) is 3.91. The lowest BCUT2D eigenvalue weighted by Gasteiger charge is -2.27. The predicted molar refractivity (Wildman–Crippen MR) is 92.4 cm³/mol. The molecule has 2 rings (SSSR count). The zero-order chi connectivity index (χ0) is 16.2. The summed E-state index contributed by atoms with van der Waals surface area (Å²) in [6.45, 7) is 7.64. The summed E-state index contributed by atoms with van der Waals surface area (Å²) in [4.78, 5) is 0. The minimum atomic E-state index is 0.0886. The van der Waals surface area contributed by atoms with Crippen LogP contribution in [-0.4, -0.2) is 25.4 Å². The largest absolute Gasteiger partial charge is 0.496 e. The molecule has 120 valence electrons. The number of nitrogens with one attached hydrogen (secondary N) is 1. The number of ether oxygens (including phenoxy) is 1. The molecule has 0 aliphatic rings. The van der Waals surface area contributed by atoms with E-state index in [-0.39, 0.29) is 18.1 Å². The average molecular weight is 301 g/mol. The summed E-state index contributed by atoms with van der Waals surface area (Å²) in [5.74, 6) is 0.909. The van der Waals surface area contributed by atoms with E-state index in [4.69, 9.17) is 9.84 Å². The monoisotopic (exact) mass is 301 g/mol. The van der Waals surface area contributed by atoms with E-state index in [1.165, 1.54) is 10.9 Å². The lowest BCUT2D eigenvalue weighted by molar-refractivity contribution is 0.204. The molecular formula is C19H27NO2. The summed E-state index contributed by atoms with van der Waals surface area (Å²) in [5.41, 5.74) is 1.36. The summed E-state index contributed by atoms with van der Waals surface area (Å²) in [7, 11) is 1.71. The van der Waals surface area contributed by atoms with Crippen LogP contribution in [-0.2, 0) is 0 Å². The van der Waals surface area contributed by atoms with Crippen molar-refractivity contribution in [3.63, 3.8) is 0 Å². The van der Waals surface area contributed by atoms with E-state index in [0.29, 0.717) is 0 Å². The zero-order valence-corrected chi connectivity index (χ0v) is 14.0. The molecule has 0 amide bonds. The van der Waals surface area contributed by atoms with Crippen LogP contribution in [0.3, 0.4) is 0 Å². The molecule has 0 bridgehead atoms. The van der Waals surface area contributed by atoms with Crippen molar-refractivity contribution < 1.29 is 9.84 Å². The Balaban J connectivity index is 2.23.